The third-order valence-electron chi connectivity index (χ3n) is 3.95. The van der Waals surface area contributed by atoms with Crippen LogP contribution in [0, 0.1) is 5.41 Å². The van der Waals surface area contributed by atoms with Crippen molar-refractivity contribution in [3.05, 3.63) is 0 Å². The monoisotopic (exact) mass is 285 g/mol. The summed E-state index contributed by atoms with van der Waals surface area (Å²) in [5.41, 5.74) is 4.48. The maximum Gasteiger partial charge on any atom is 0.234 e. The Bertz CT molecular complexity index is 359. The summed E-state index contributed by atoms with van der Waals surface area (Å²) in [5, 5.41) is 15.2. The molecule has 0 bridgehead atoms. The maximum atomic E-state index is 12.7. The summed E-state index contributed by atoms with van der Waals surface area (Å²) in [4.78, 5) is 12.7. The molecular weight excluding hydrogens is 258 g/mol. The van der Waals surface area contributed by atoms with Crippen LogP contribution in [-0.2, 0) is 9.53 Å². The van der Waals surface area contributed by atoms with E-state index in [1.165, 1.54) is 0 Å². The highest BCUT2D eigenvalue weighted by molar-refractivity contribution is 6.07. The van der Waals surface area contributed by atoms with Gasteiger partial charge in [-0.1, -0.05) is 30.8 Å². The molecule has 0 atom stereocenters. The highest BCUT2D eigenvalue weighted by atomic mass is 16.5. The van der Waals surface area contributed by atoms with Crippen LogP contribution in [0.1, 0.15) is 52.4 Å². The van der Waals surface area contributed by atoms with Crippen molar-refractivity contribution in [3.63, 3.8) is 0 Å². The number of oxime groups is 1. The number of carbonyl (C=O) groups excluding carboxylic acids is 1. The van der Waals surface area contributed by atoms with E-state index in [4.69, 9.17) is 15.7 Å². The third kappa shape index (κ3) is 3.85. The van der Waals surface area contributed by atoms with Crippen molar-refractivity contribution < 1.29 is 14.7 Å². The van der Waals surface area contributed by atoms with E-state index in [2.05, 4.69) is 10.5 Å². The first-order valence-electron chi connectivity index (χ1n) is 7.17. The van der Waals surface area contributed by atoms with Crippen LogP contribution >= 0.6 is 0 Å². The van der Waals surface area contributed by atoms with Crippen molar-refractivity contribution in [2.75, 3.05) is 13.7 Å². The Morgan fingerprint density at radius 3 is 2.35 bits per heavy atom. The quantitative estimate of drug-likeness (QED) is 0.235. The molecule has 20 heavy (non-hydrogen) atoms. The Morgan fingerprint density at radius 2 is 1.90 bits per heavy atom. The Labute approximate surface area is 120 Å². The number of methoxy groups -OCH3 is 1. The van der Waals surface area contributed by atoms with Crippen LogP contribution in [0.15, 0.2) is 5.16 Å². The molecule has 0 unspecified atom stereocenters. The molecule has 0 radical (unpaired) electrons. The zero-order valence-corrected chi connectivity index (χ0v) is 12.7. The summed E-state index contributed by atoms with van der Waals surface area (Å²) >= 11 is 0. The molecule has 1 fully saturated rings. The lowest BCUT2D eigenvalue weighted by atomic mass is 9.77. The number of nitrogens with zero attached hydrogens (tertiary/aromatic N) is 1. The molecule has 0 aromatic heterocycles. The minimum Gasteiger partial charge on any atom is -0.409 e. The zero-order valence-electron chi connectivity index (χ0n) is 12.7. The van der Waals surface area contributed by atoms with E-state index in [1.54, 1.807) is 7.11 Å². The molecule has 1 aliphatic rings. The Kier molecular flexibility index (Phi) is 5.80. The molecule has 1 saturated carbocycles. The minimum absolute atomic E-state index is 0.0186. The molecule has 6 nitrogen and oxygen atoms in total. The fraction of sp³-hybridized carbons (Fsp3) is 0.857. The molecular formula is C14H27N3O3. The van der Waals surface area contributed by atoms with Gasteiger partial charge in [0, 0.05) is 7.11 Å². The van der Waals surface area contributed by atoms with Crippen molar-refractivity contribution in [3.8, 4) is 0 Å². The van der Waals surface area contributed by atoms with Gasteiger partial charge in [0.15, 0.2) is 5.84 Å². The SMILES string of the molecule is COCC(C)(C)NC(=O)C1(C(N)=NO)CCCCCC1. The van der Waals surface area contributed by atoms with Gasteiger partial charge in [-0.05, 0) is 26.7 Å². The van der Waals surface area contributed by atoms with Gasteiger partial charge in [-0.15, -0.1) is 0 Å². The summed E-state index contributed by atoms with van der Waals surface area (Å²) in [7, 11) is 1.60. The molecule has 0 saturated heterocycles. The second-order valence-electron chi connectivity index (χ2n) is 6.25. The fourth-order valence-corrected chi connectivity index (χ4v) is 2.85. The standard InChI is InChI=1S/C14H27N3O3/c1-13(2,10-20-3)16-12(18)14(11(15)17-19)8-6-4-5-7-9-14/h19H,4-10H2,1-3H3,(H2,15,17)(H,16,18). The summed E-state index contributed by atoms with van der Waals surface area (Å²) in [6, 6.07) is 0. The van der Waals surface area contributed by atoms with E-state index in [1.807, 2.05) is 13.8 Å². The molecule has 0 aromatic carbocycles. The van der Waals surface area contributed by atoms with E-state index in [-0.39, 0.29) is 11.7 Å². The molecule has 1 amide bonds. The third-order valence-corrected chi connectivity index (χ3v) is 3.95. The second-order valence-corrected chi connectivity index (χ2v) is 6.25. The van der Waals surface area contributed by atoms with Crippen molar-refractivity contribution in [2.24, 2.45) is 16.3 Å². The van der Waals surface area contributed by atoms with Crippen LogP contribution in [0.25, 0.3) is 0 Å². The number of hydrogen-bond donors (Lipinski definition) is 3. The zero-order chi connectivity index (χ0) is 15.2. The number of amides is 1. The molecule has 6 heteroatoms. The second kappa shape index (κ2) is 6.92. The lowest BCUT2D eigenvalue weighted by Gasteiger charge is -2.34. The highest BCUT2D eigenvalue weighted by Gasteiger charge is 2.44. The number of rotatable bonds is 5. The molecule has 0 aliphatic heterocycles. The first-order valence-corrected chi connectivity index (χ1v) is 7.17. The van der Waals surface area contributed by atoms with Crippen molar-refractivity contribution in [1.82, 2.24) is 5.32 Å². The fourth-order valence-electron chi connectivity index (χ4n) is 2.85. The average Bonchev–Trinajstić information content (AvgIpc) is 2.63. The van der Waals surface area contributed by atoms with Crippen molar-refractivity contribution in [2.45, 2.75) is 57.9 Å². The number of nitrogens with two attached hydrogens (primary N) is 1. The molecule has 1 aliphatic carbocycles. The first kappa shape index (κ1) is 16.8. The number of amidine groups is 1. The lowest BCUT2D eigenvalue weighted by Crippen LogP contribution is -2.56. The number of nitrogens with one attached hydrogen (secondary N) is 1. The van der Waals surface area contributed by atoms with Gasteiger partial charge in [0.2, 0.25) is 5.91 Å². The predicted molar refractivity (Wildman–Crippen MR) is 77.6 cm³/mol. The normalized spacial score (nSPS) is 20.2. The van der Waals surface area contributed by atoms with Crippen LogP contribution in [-0.4, -0.2) is 36.2 Å². The Hall–Kier alpha value is -1.30. The van der Waals surface area contributed by atoms with E-state index in [0.29, 0.717) is 19.4 Å². The molecule has 1 rings (SSSR count). The van der Waals surface area contributed by atoms with Crippen molar-refractivity contribution in [1.29, 1.82) is 0 Å². The van der Waals surface area contributed by atoms with Gasteiger partial charge in [0.05, 0.1) is 12.1 Å². The average molecular weight is 285 g/mol. The largest absolute Gasteiger partial charge is 0.409 e. The Balaban J connectivity index is 2.96. The van der Waals surface area contributed by atoms with Crippen LogP contribution in [0.2, 0.25) is 0 Å². The lowest BCUT2D eigenvalue weighted by molar-refractivity contribution is -0.130. The van der Waals surface area contributed by atoms with Crippen LogP contribution < -0.4 is 11.1 Å². The smallest absolute Gasteiger partial charge is 0.234 e. The van der Waals surface area contributed by atoms with E-state index in [0.717, 1.165) is 25.7 Å². The first-order chi connectivity index (χ1) is 9.38. The molecule has 0 heterocycles. The van der Waals surface area contributed by atoms with E-state index < -0.39 is 11.0 Å². The van der Waals surface area contributed by atoms with Gasteiger partial charge in [0.1, 0.15) is 5.41 Å². The number of hydrogen-bond acceptors (Lipinski definition) is 4. The minimum atomic E-state index is -0.893. The van der Waals surface area contributed by atoms with Gasteiger partial charge < -0.3 is 21.0 Å². The van der Waals surface area contributed by atoms with Gasteiger partial charge in [-0.25, -0.2) is 0 Å². The van der Waals surface area contributed by atoms with Gasteiger partial charge >= 0.3 is 0 Å². The topological polar surface area (TPSA) is 96.9 Å². The van der Waals surface area contributed by atoms with Crippen molar-refractivity contribution >= 4 is 11.7 Å². The van der Waals surface area contributed by atoms with Crippen LogP contribution in [0.4, 0.5) is 0 Å². The summed E-state index contributed by atoms with van der Waals surface area (Å²) in [6.45, 7) is 4.20. The summed E-state index contributed by atoms with van der Waals surface area (Å²) < 4.78 is 5.11. The molecule has 116 valence electrons. The van der Waals surface area contributed by atoms with E-state index in [9.17, 15) is 4.79 Å². The predicted octanol–water partition coefficient (Wildman–Crippen LogP) is 1.61. The van der Waals surface area contributed by atoms with E-state index >= 15 is 0 Å². The van der Waals surface area contributed by atoms with Crippen LogP contribution in [0.3, 0.4) is 0 Å². The highest BCUT2D eigenvalue weighted by Crippen LogP contribution is 2.36. The maximum absolute atomic E-state index is 12.7. The van der Waals surface area contributed by atoms with Gasteiger partial charge in [0.25, 0.3) is 0 Å². The molecule has 0 aromatic rings. The summed E-state index contributed by atoms with van der Waals surface area (Å²) in [5.74, 6) is -0.151. The number of ether oxygens (including phenoxy) is 1. The Morgan fingerprint density at radius 1 is 1.35 bits per heavy atom. The van der Waals surface area contributed by atoms with Gasteiger partial charge in [-0.3, -0.25) is 4.79 Å². The number of carbonyl (C=O) groups is 1. The molecule has 0 spiro atoms. The van der Waals surface area contributed by atoms with Gasteiger partial charge in [-0.2, -0.15) is 0 Å². The summed E-state index contributed by atoms with van der Waals surface area (Å²) in [6.07, 6.45) is 5.22. The molecule has 4 N–H and O–H groups in total. The van der Waals surface area contributed by atoms with Crippen LogP contribution in [0.5, 0.6) is 0 Å².